The van der Waals surface area contributed by atoms with Crippen molar-refractivity contribution in [3.05, 3.63) is 150 Å². The second kappa shape index (κ2) is 17.0. The van der Waals surface area contributed by atoms with Crippen molar-refractivity contribution < 1.29 is 33.5 Å². The molecule has 0 saturated heterocycles. The van der Waals surface area contributed by atoms with Crippen molar-refractivity contribution in [3.63, 3.8) is 0 Å². The van der Waals surface area contributed by atoms with Crippen LogP contribution in [0.4, 0.5) is 0 Å². The third-order valence-corrected chi connectivity index (χ3v) is 7.83. The highest BCUT2D eigenvalue weighted by Gasteiger charge is 2.54. The lowest BCUT2D eigenvalue weighted by molar-refractivity contribution is -0.280. The number of hydrogen-bond acceptors (Lipinski definition) is 7. The maximum absolute atomic E-state index is 11.9. The first-order valence-corrected chi connectivity index (χ1v) is 15.3. The van der Waals surface area contributed by atoms with Crippen molar-refractivity contribution in [1.82, 2.24) is 0 Å². The molecule has 0 spiro atoms. The highest BCUT2D eigenvalue weighted by Crippen LogP contribution is 2.34. The highest BCUT2D eigenvalue weighted by molar-refractivity contribution is 5.27. The molecule has 1 aliphatic carbocycles. The Morgan fingerprint density at radius 1 is 0.511 bits per heavy atom. The Kier molecular flexibility index (Phi) is 12.3. The van der Waals surface area contributed by atoms with E-state index >= 15 is 0 Å². The molecule has 0 amide bonds. The first-order chi connectivity index (χ1) is 22.2. The van der Waals surface area contributed by atoms with Crippen LogP contribution >= 0.6 is 0 Å². The summed E-state index contributed by atoms with van der Waals surface area (Å²) in [5.74, 6) is 0.756. The molecular weight excluding hydrogens is 568 g/mol. The van der Waals surface area contributed by atoms with Gasteiger partial charge in [0, 0.05) is 0 Å². The topological polar surface area (TPSA) is 75.6 Å². The Labute approximate surface area is 265 Å². The van der Waals surface area contributed by atoms with Crippen LogP contribution in [-0.2, 0) is 50.1 Å². The number of methoxy groups -OCH3 is 1. The van der Waals surface area contributed by atoms with Gasteiger partial charge < -0.3 is 33.5 Å². The number of benzene rings is 4. The smallest absolute Gasteiger partial charge is 0.118 e. The lowest BCUT2D eigenvalue weighted by atomic mass is 9.83. The van der Waals surface area contributed by atoms with E-state index in [9.17, 15) is 5.11 Å². The van der Waals surface area contributed by atoms with Gasteiger partial charge in [-0.2, -0.15) is 0 Å². The molecule has 0 heterocycles. The molecule has 4 aromatic carbocycles. The van der Waals surface area contributed by atoms with Crippen LogP contribution < -0.4 is 4.74 Å². The van der Waals surface area contributed by atoms with Gasteiger partial charge in [-0.3, -0.25) is 0 Å². The molecule has 0 unspecified atom stereocenters. The molecule has 6 atom stereocenters. The number of ether oxygens (including phenoxy) is 6. The van der Waals surface area contributed by atoms with E-state index in [4.69, 9.17) is 28.4 Å². The van der Waals surface area contributed by atoms with E-state index in [0.29, 0.717) is 19.8 Å². The lowest BCUT2D eigenvalue weighted by Crippen LogP contribution is -2.66. The summed E-state index contributed by atoms with van der Waals surface area (Å²) in [6.45, 7) is 5.21. The van der Waals surface area contributed by atoms with Crippen molar-refractivity contribution in [2.75, 3.05) is 13.7 Å². The average molecular weight is 611 g/mol. The summed E-state index contributed by atoms with van der Waals surface area (Å²) in [6.07, 6.45) is -2.99. The van der Waals surface area contributed by atoms with Crippen molar-refractivity contribution in [2.45, 2.75) is 63.1 Å². The summed E-state index contributed by atoms with van der Waals surface area (Å²) in [6, 6.07) is 37.4. The number of rotatable bonds is 16. The minimum Gasteiger partial charge on any atom is -0.497 e. The standard InChI is InChI=1S/C38H42O7/c1-3-23-41-34-33(39)35(42-27-31-19-21-32(40-2)22-20-31)37(44-25-29-15-9-5-10-16-29)38(45-26-30-17-11-6-12-18-30)36(34)43-24-28-13-7-4-8-14-28/h3-22,33-39H,1,23-27H2,2H3/t33-,34+,35+,36+,37-,38-/m0/s1. The Hall–Kier alpha value is -3.82. The molecule has 1 aliphatic rings. The zero-order valence-corrected chi connectivity index (χ0v) is 25.7. The maximum atomic E-state index is 11.9. The third kappa shape index (κ3) is 9.11. The summed E-state index contributed by atoms with van der Waals surface area (Å²) in [7, 11) is 1.63. The predicted molar refractivity (Wildman–Crippen MR) is 173 cm³/mol. The van der Waals surface area contributed by atoms with Gasteiger partial charge in [0.15, 0.2) is 0 Å². The maximum Gasteiger partial charge on any atom is 0.118 e. The molecule has 0 radical (unpaired) electrons. The molecule has 1 fully saturated rings. The summed E-state index contributed by atoms with van der Waals surface area (Å²) in [4.78, 5) is 0. The van der Waals surface area contributed by atoms with Gasteiger partial charge in [-0.25, -0.2) is 0 Å². The largest absolute Gasteiger partial charge is 0.497 e. The molecule has 0 aromatic heterocycles. The fourth-order valence-electron chi connectivity index (χ4n) is 5.49. The number of aliphatic hydroxyl groups excluding tert-OH is 1. The van der Waals surface area contributed by atoms with Gasteiger partial charge in [0.25, 0.3) is 0 Å². The summed E-state index contributed by atoms with van der Waals surface area (Å²) in [5.41, 5.74) is 3.93. The van der Waals surface area contributed by atoms with E-state index in [0.717, 1.165) is 28.0 Å². The zero-order chi connectivity index (χ0) is 31.3. The average Bonchev–Trinajstić information content (AvgIpc) is 3.10. The van der Waals surface area contributed by atoms with Crippen molar-refractivity contribution in [1.29, 1.82) is 0 Å². The second-order valence-corrected chi connectivity index (χ2v) is 11.0. The molecule has 7 heteroatoms. The molecule has 1 N–H and O–H groups in total. The Morgan fingerprint density at radius 3 is 1.27 bits per heavy atom. The van der Waals surface area contributed by atoms with Crippen molar-refractivity contribution >= 4 is 0 Å². The molecule has 5 rings (SSSR count). The minimum atomic E-state index is -1.08. The SMILES string of the molecule is C=CCO[C@@H]1[C@H](O)[C@@H](OCc2ccc(OC)cc2)[C@H](OCc2ccccc2)[C@@H](OCc2ccccc2)[C@@H]1OCc1ccccc1. The van der Waals surface area contributed by atoms with E-state index < -0.39 is 36.6 Å². The van der Waals surface area contributed by atoms with E-state index in [1.807, 2.05) is 115 Å². The van der Waals surface area contributed by atoms with Crippen molar-refractivity contribution in [3.8, 4) is 5.75 Å². The third-order valence-electron chi connectivity index (χ3n) is 7.83. The predicted octanol–water partition coefficient (Wildman–Crippen LogP) is 6.28. The van der Waals surface area contributed by atoms with Gasteiger partial charge in [0.1, 0.15) is 42.4 Å². The van der Waals surface area contributed by atoms with Crippen LogP contribution in [0.2, 0.25) is 0 Å². The normalized spacial score (nSPS) is 23.0. The molecule has 0 bridgehead atoms. The van der Waals surface area contributed by atoms with Gasteiger partial charge in [-0.1, -0.05) is 109 Å². The fraction of sp³-hybridized carbons (Fsp3) is 0.316. The molecule has 4 aromatic rings. The monoisotopic (exact) mass is 610 g/mol. The first kappa shape index (κ1) is 32.6. The second-order valence-electron chi connectivity index (χ2n) is 11.0. The number of hydrogen-bond donors (Lipinski definition) is 1. The molecule has 45 heavy (non-hydrogen) atoms. The Balaban J connectivity index is 1.47. The van der Waals surface area contributed by atoms with Gasteiger partial charge in [0.05, 0.1) is 40.1 Å². The molecule has 7 nitrogen and oxygen atoms in total. The fourth-order valence-corrected chi connectivity index (χ4v) is 5.49. The van der Waals surface area contributed by atoms with Gasteiger partial charge in [-0.15, -0.1) is 6.58 Å². The Bertz CT molecular complexity index is 1400. The van der Waals surface area contributed by atoms with E-state index in [2.05, 4.69) is 6.58 Å². The molecule has 236 valence electrons. The summed E-state index contributed by atoms with van der Waals surface area (Å²) < 4.78 is 37.9. The van der Waals surface area contributed by atoms with Crippen molar-refractivity contribution in [2.24, 2.45) is 0 Å². The molecular formula is C38H42O7. The molecule has 0 aliphatic heterocycles. The van der Waals surface area contributed by atoms with Crippen LogP contribution in [-0.4, -0.2) is 55.4 Å². The summed E-state index contributed by atoms with van der Waals surface area (Å²) >= 11 is 0. The minimum absolute atomic E-state index is 0.221. The van der Waals surface area contributed by atoms with Gasteiger partial charge in [0.2, 0.25) is 0 Å². The number of aliphatic hydroxyl groups is 1. The lowest BCUT2D eigenvalue weighted by Gasteiger charge is -2.48. The van der Waals surface area contributed by atoms with Gasteiger partial charge >= 0.3 is 0 Å². The van der Waals surface area contributed by atoms with Crippen LogP contribution in [0.5, 0.6) is 5.75 Å². The zero-order valence-electron chi connectivity index (χ0n) is 25.7. The van der Waals surface area contributed by atoms with E-state index in [-0.39, 0.29) is 13.2 Å². The first-order valence-electron chi connectivity index (χ1n) is 15.3. The summed E-state index contributed by atoms with van der Waals surface area (Å²) in [5, 5.41) is 11.9. The van der Waals surface area contributed by atoms with E-state index in [1.54, 1.807) is 13.2 Å². The Morgan fingerprint density at radius 2 is 0.867 bits per heavy atom. The van der Waals surface area contributed by atoms with Gasteiger partial charge in [-0.05, 0) is 34.4 Å². The van der Waals surface area contributed by atoms with Crippen LogP contribution in [0, 0.1) is 0 Å². The highest BCUT2D eigenvalue weighted by atomic mass is 16.6. The van der Waals surface area contributed by atoms with Crippen LogP contribution in [0.1, 0.15) is 22.3 Å². The molecule has 1 saturated carbocycles. The van der Waals surface area contributed by atoms with E-state index in [1.165, 1.54) is 0 Å². The quantitative estimate of drug-likeness (QED) is 0.150. The van der Waals surface area contributed by atoms with Crippen LogP contribution in [0.25, 0.3) is 0 Å². The van der Waals surface area contributed by atoms with Crippen LogP contribution in [0.3, 0.4) is 0 Å². The van der Waals surface area contributed by atoms with Crippen LogP contribution in [0.15, 0.2) is 128 Å².